The standard InChI is InChI=1S/C14H19NO4S/c1-3-15(9-8-14(17)18)13(16)10-20-12-6-4-11(19-2)5-7-12/h4-7H,3,8-10H2,1-2H3,(H,17,18). The molecule has 0 heterocycles. The van der Waals surface area contributed by atoms with Gasteiger partial charge in [0, 0.05) is 18.0 Å². The van der Waals surface area contributed by atoms with Crippen molar-refractivity contribution < 1.29 is 19.4 Å². The number of carboxylic acid groups (broad SMARTS) is 1. The Morgan fingerprint density at radius 2 is 1.95 bits per heavy atom. The molecule has 0 aliphatic rings. The van der Waals surface area contributed by atoms with Crippen molar-refractivity contribution in [2.45, 2.75) is 18.2 Å². The molecule has 0 spiro atoms. The number of ether oxygens (including phenoxy) is 1. The van der Waals surface area contributed by atoms with Gasteiger partial charge in [0.05, 0.1) is 19.3 Å². The number of hydrogen-bond donors (Lipinski definition) is 1. The van der Waals surface area contributed by atoms with Crippen LogP contribution in [0, 0.1) is 0 Å². The van der Waals surface area contributed by atoms with Crippen molar-refractivity contribution in [2.24, 2.45) is 0 Å². The van der Waals surface area contributed by atoms with E-state index in [4.69, 9.17) is 9.84 Å². The second-order valence-corrected chi connectivity index (χ2v) is 5.13. The average Bonchev–Trinajstić information content (AvgIpc) is 2.46. The van der Waals surface area contributed by atoms with Crippen molar-refractivity contribution in [3.05, 3.63) is 24.3 Å². The van der Waals surface area contributed by atoms with E-state index in [1.54, 1.807) is 12.0 Å². The molecule has 0 saturated carbocycles. The predicted molar refractivity (Wildman–Crippen MR) is 78.2 cm³/mol. The molecule has 0 bridgehead atoms. The van der Waals surface area contributed by atoms with E-state index in [2.05, 4.69) is 0 Å². The second kappa shape index (κ2) is 8.47. The number of benzene rings is 1. The molecule has 20 heavy (non-hydrogen) atoms. The summed E-state index contributed by atoms with van der Waals surface area (Å²) in [5.41, 5.74) is 0. The van der Waals surface area contributed by atoms with Crippen molar-refractivity contribution >= 4 is 23.6 Å². The molecule has 0 aromatic heterocycles. The number of carbonyl (C=O) groups is 2. The van der Waals surface area contributed by atoms with E-state index >= 15 is 0 Å². The van der Waals surface area contributed by atoms with E-state index in [0.717, 1.165) is 10.6 Å². The molecule has 1 aromatic carbocycles. The molecule has 1 rings (SSSR count). The average molecular weight is 297 g/mol. The first-order valence-electron chi connectivity index (χ1n) is 6.33. The van der Waals surface area contributed by atoms with Gasteiger partial charge in [0.25, 0.3) is 0 Å². The highest BCUT2D eigenvalue weighted by Gasteiger charge is 2.13. The summed E-state index contributed by atoms with van der Waals surface area (Å²) in [7, 11) is 1.60. The van der Waals surface area contributed by atoms with Crippen LogP contribution in [0.25, 0.3) is 0 Å². The molecule has 0 aliphatic carbocycles. The lowest BCUT2D eigenvalue weighted by Crippen LogP contribution is -2.34. The van der Waals surface area contributed by atoms with Crippen LogP contribution in [-0.4, -0.2) is 47.8 Å². The molecule has 1 N–H and O–H groups in total. The summed E-state index contributed by atoms with van der Waals surface area (Å²) in [5.74, 6) is 0.144. The number of thioether (sulfide) groups is 1. The van der Waals surface area contributed by atoms with Gasteiger partial charge >= 0.3 is 5.97 Å². The van der Waals surface area contributed by atoms with Gasteiger partial charge in [0.1, 0.15) is 5.75 Å². The van der Waals surface area contributed by atoms with Gasteiger partial charge in [0.2, 0.25) is 5.91 Å². The highest BCUT2D eigenvalue weighted by molar-refractivity contribution is 8.00. The highest BCUT2D eigenvalue weighted by atomic mass is 32.2. The first kappa shape index (κ1) is 16.4. The van der Waals surface area contributed by atoms with Gasteiger partial charge in [-0.25, -0.2) is 0 Å². The van der Waals surface area contributed by atoms with Crippen molar-refractivity contribution in [3.8, 4) is 5.75 Å². The van der Waals surface area contributed by atoms with E-state index < -0.39 is 5.97 Å². The van der Waals surface area contributed by atoms with Gasteiger partial charge in [-0.15, -0.1) is 11.8 Å². The number of hydrogen-bond acceptors (Lipinski definition) is 4. The summed E-state index contributed by atoms with van der Waals surface area (Å²) in [6.45, 7) is 2.63. The number of carboxylic acids is 1. The maximum atomic E-state index is 12.0. The monoisotopic (exact) mass is 297 g/mol. The molecule has 1 aromatic rings. The van der Waals surface area contributed by atoms with Crippen molar-refractivity contribution in [3.63, 3.8) is 0 Å². The number of aliphatic carboxylic acids is 1. The molecular weight excluding hydrogens is 278 g/mol. The molecule has 110 valence electrons. The Labute approximate surface area is 122 Å². The third-order valence-corrected chi connectivity index (χ3v) is 3.75. The molecule has 1 amide bonds. The Kier molecular flexibility index (Phi) is 6.93. The third-order valence-electron chi connectivity index (χ3n) is 2.75. The fourth-order valence-corrected chi connectivity index (χ4v) is 2.40. The van der Waals surface area contributed by atoms with Gasteiger partial charge in [-0.2, -0.15) is 0 Å². The van der Waals surface area contributed by atoms with Gasteiger partial charge in [-0.3, -0.25) is 9.59 Å². The number of nitrogens with zero attached hydrogens (tertiary/aromatic N) is 1. The minimum absolute atomic E-state index is 0.0210. The maximum absolute atomic E-state index is 12.0. The first-order valence-corrected chi connectivity index (χ1v) is 7.31. The van der Waals surface area contributed by atoms with Crippen LogP contribution in [0.5, 0.6) is 5.75 Å². The highest BCUT2D eigenvalue weighted by Crippen LogP contribution is 2.21. The molecule has 5 nitrogen and oxygen atoms in total. The molecular formula is C14H19NO4S. The van der Waals surface area contributed by atoms with Crippen LogP contribution in [-0.2, 0) is 9.59 Å². The Hall–Kier alpha value is -1.69. The molecule has 6 heteroatoms. The third kappa shape index (κ3) is 5.52. The predicted octanol–water partition coefficient (Wildman–Crippen LogP) is 2.11. The maximum Gasteiger partial charge on any atom is 0.305 e. The molecule has 0 aliphatic heterocycles. The Bertz CT molecular complexity index is 447. The minimum atomic E-state index is -0.890. The molecule has 0 unspecified atom stereocenters. The number of amides is 1. The van der Waals surface area contributed by atoms with Crippen LogP contribution in [0.1, 0.15) is 13.3 Å². The van der Waals surface area contributed by atoms with E-state index in [0.29, 0.717) is 12.3 Å². The van der Waals surface area contributed by atoms with Crippen molar-refractivity contribution in [1.82, 2.24) is 4.90 Å². The number of carbonyl (C=O) groups excluding carboxylic acids is 1. The van der Waals surface area contributed by atoms with Gasteiger partial charge in [-0.05, 0) is 31.2 Å². The zero-order chi connectivity index (χ0) is 15.0. The SMILES string of the molecule is CCN(CCC(=O)O)C(=O)CSc1ccc(OC)cc1. The normalized spacial score (nSPS) is 10.1. The van der Waals surface area contributed by atoms with Crippen LogP contribution >= 0.6 is 11.8 Å². The fraction of sp³-hybridized carbons (Fsp3) is 0.429. The largest absolute Gasteiger partial charge is 0.497 e. The first-order chi connectivity index (χ1) is 9.56. The topological polar surface area (TPSA) is 66.8 Å². The Morgan fingerprint density at radius 1 is 1.30 bits per heavy atom. The van der Waals surface area contributed by atoms with Crippen LogP contribution in [0.3, 0.4) is 0 Å². The number of rotatable bonds is 8. The summed E-state index contributed by atoms with van der Waals surface area (Å²) in [5, 5.41) is 8.64. The molecule has 0 saturated heterocycles. The van der Waals surface area contributed by atoms with Crippen LogP contribution < -0.4 is 4.74 Å². The molecule has 0 fully saturated rings. The van der Waals surface area contributed by atoms with E-state index in [9.17, 15) is 9.59 Å². The van der Waals surface area contributed by atoms with Gasteiger partial charge in [0.15, 0.2) is 0 Å². The summed E-state index contributed by atoms with van der Waals surface area (Å²) in [4.78, 5) is 25.0. The lowest BCUT2D eigenvalue weighted by molar-refractivity contribution is -0.138. The smallest absolute Gasteiger partial charge is 0.305 e. The van der Waals surface area contributed by atoms with Gasteiger partial charge < -0.3 is 14.7 Å². The van der Waals surface area contributed by atoms with Crippen molar-refractivity contribution in [1.29, 1.82) is 0 Å². The fourth-order valence-electron chi connectivity index (χ4n) is 1.60. The summed E-state index contributed by atoms with van der Waals surface area (Å²) in [6.07, 6.45) is -0.0210. The van der Waals surface area contributed by atoms with E-state index in [1.165, 1.54) is 11.8 Å². The summed E-state index contributed by atoms with van der Waals surface area (Å²) < 4.78 is 5.06. The Balaban J connectivity index is 2.45. The van der Waals surface area contributed by atoms with E-state index in [-0.39, 0.29) is 18.9 Å². The second-order valence-electron chi connectivity index (χ2n) is 4.08. The summed E-state index contributed by atoms with van der Waals surface area (Å²) >= 11 is 1.43. The molecule has 0 atom stereocenters. The summed E-state index contributed by atoms with van der Waals surface area (Å²) in [6, 6.07) is 7.47. The van der Waals surface area contributed by atoms with Crippen LogP contribution in [0.15, 0.2) is 29.2 Å². The lowest BCUT2D eigenvalue weighted by atomic mass is 10.3. The van der Waals surface area contributed by atoms with Gasteiger partial charge in [-0.1, -0.05) is 0 Å². The lowest BCUT2D eigenvalue weighted by Gasteiger charge is -2.19. The van der Waals surface area contributed by atoms with Crippen LogP contribution in [0.4, 0.5) is 0 Å². The zero-order valence-corrected chi connectivity index (χ0v) is 12.5. The minimum Gasteiger partial charge on any atom is -0.497 e. The Morgan fingerprint density at radius 3 is 2.45 bits per heavy atom. The van der Waals surface area contributed by atoms with E-state index in [1.807, 2.05) is 31.2 Å². The van der Waals surface area contributed by atoms with Crippen LogP contribution in [0.2, 0.25) is 0 Å². The zero-order valence-electron chi connectivity index (χ0n) is 11.7. The van der Waals surface area contributed by atoms with Crippen molar-refractivity contribution in [2.75, 3.05) is 26.0 Å². The molecule has 0 radical (unpaired) electrons. The number of methoxy groups -OCH3 is 1. The quantitative estimate of drug-likeness (QED) is 0.744.